The van der Waals surface area contributed by atoms with Gasteiger partial charge in [-0.2, -0.15) is 0 Å². The summed E-state index contributed by atoms with van der Waals surface area (Å²) in [5.74, 6) is -0.391. The number of H-pyrrole nitrogens is 1. The maximum absolute atomic E-state index is 11.6. The van der Waals surface area contributed by atoms with Crippen LogP contribution in [0, 0.1) is 0 Å². The molecule has 3 N–H and O–H groups in total. The standard InChI is InChI=1S/C12H14N4O3.ClH/c1-13-6-9(17)15-12-14-8-5-3-4-7(10(8)16-12)11(18)19-2;/h3-5,13H,6H2,1-2H3,(H2,14,15,16,17);1H. The predicted molar refractivity (Wildman–Crippen MR) is 77.2 cm³/mol. The monoisotopic (exact) mass is 298 g/mol. The molecule has 20 heavy (non-hydrogen) atoms. The summed E-state index contributed by atoms with van der Waals surface area (Å²) in [6.45, 7) is 0.181. The van der Waals surface area contributed by atoms with Crippen molar-refractivity contribution >= 4 is 41.3 Å². The lowest BCUT2D eigenvalue weighted by Crippen LogP contribution is -2.25. The van der Waals surface area contributed by atoms with Crippen LogP contribution < -0.4 is 10.6 Å². The molecule has 0 atom stereocenters. The molecule has 1 aromatic heterocycles. The highest BCUT2D eigenvalue weighted by Gasteiger charge is 2.14. The molecule has 8 heteroatoms. The van der Waals surface area contributed by atoms with Gasteiger partial charge in [-0.3, -0.25) is 10.1 Å². The van der Waals surface area contributed by atoms with Crippen molar-refractivity contribution in [3.8, 4) is 0 Å². The van der Waals surface area contributed by atoms with Crippen LogP contribution in [0.5, 0.6) is 0 Å². The Morgan fingerprint density at radius 1 is 1.40 bits per heavy atom. The van der Waals surface area contributed by atoms with Gasteiger partial charge in [0.2, 0.25) is 11.9 Å². The average Bonchev–Trinajstić information content (AvgIpc) is 2.79. The normalized spacial score (nSPS) is 9.90. The summed E-state index contributed by atoms with van der Waals surface area (Å²) < 4.78 is 4.68. The van der Waals surface area contributed by atoms with Crippen molar-refractivity contribution in [2.24, 2.45) is 0 Å². The van der Waals surface area contributed by atoms with E-state index in [4.69, 9.17) is 0 Å². The van der Waals surface area contributed by atoms with Gasteiger partial charge in [0.1, 0.15) is 5.52 Å². The lowest BCUT2D eigenvalue weighted by Gasteiger charge is -1.99. The zero-order valence-electron chi connectivity index (χ0n) is 11.0. The summed E-state index contributed by atoms with van der Waals surface area (Å²) in [5, 5.41) is 5.33. The molecule has 7 nitrogen and oxygen atoms in total. The number of para-hydroxylation sites is 1. The third-order valence-corrected chi connectivity index (χ3v) is 2.51. The van der Waals surface area contributed by atoms with Crippen molar-refractivity contribution in [2.75, 3.05) is 26.0 Å². The number of aromatic nitrogens is 2. The van der Waals surface area contributed by atoms with Gasteiger partial charge in [0.05, 0.1) is 24.7 Å². The van der Waals surface area contributed by atoms with Crippen LogP contribution in [-0.4, -0.2) is 42.5 Å². The van der Waals surface area contributed by atoms with E-state index >= 15 is 0 Å². The lowest BCUT2D eigenvalue weighted by atomic mass is 10.2. The predicted octanol–water partition coefficient (Wildman–Crippen LogP) is 0.929. The van der Waals surface area contributed by atoms with E-state index in [-0.39, 0.29) is 24.9 Å². The quantitative estimate of drug-likeness (QED) is 0.730. The van der Waals surface area contributed by atoms with E-state index in [0.717, 1.165) is 0 Å². The molecule has 0 saturated carbocycles. The molecule has 0 unspecified atom stereocenters. The first-order chi connectivity index (χ1) is 9.15. The maximum atomic E-state index is 11.6. The summed E-state index contributed by atoms with van der Waals surface area (Å²) in [7, 11) is 2.98. The first-order valence-corrected chi connectivity index (χ1v) is 5.67. The Morgan fingerprint density at radius 2 is 2.15 bits per heavy atom. The van der Waals surface area contributed by atoms with Crippen LogP contribution in [-0.2, 0) is 9.53 Å². The molecule has 2 aromatic rings. The number of nitrogens with zero attached hydrogens (tertiary/aromatic N) is 1. The lowest BCUT2D eigenvalue weighted by molar-refractivity contribution is -0.115. The number of rotatable bonds is 4. The zero-order valence-corrected chi connectivity index (χ0v) is 11.8. The number of amides is 1. The number of halogens is 1. The molecule has 0 saturated heterocycles. The van der Waals surface area contributed by atoms with Gasteiger partial charge in [0, 0.05) is 0 Å². The highest BCUT2D eigenvalue weighted by Crippen LogP contribution is 2.19. The molecule has 1 aromatic carbocycles. The molecule has 1 amide bonds. The highest BCUT2D eigenvalue weighted by atomic mass is 35.5. The van der Waals surface area contributed by atoms with Gasteiger partial charge in [-0.25, -0.2) is 9.78 Å². The average molecular weight is 299 g/mol. The number of anilines is 1. The fraction of sp³-hybridized carbons (Fsp3) is 0.250. The van der Waals surface area contributed by atoms with Crippen molar-refractivity contribution in [1.29, 1.82) is 0 Å². The van der Waals surface area contributed by atoms with E-state index in [0.29, 0.717) is 22.5 Å². The molecule has 0 aliphatic heterocycles. The van der Waals surface area contributed by atoms with E-state index in [1.165, 1.54) is 7.11 Å². The Kier molecular flexibility index (Phi) is 5.48. The largest absolute Gasteiger partial charge is 0.465 e. The van der Waals surface area contributed by atoms with Gasteiger partial charge in [-0.1, -0.05) is 6.07 Å². The second-order valence-corrected chi connectivity index (χ2v) is 3.86. The third-order valence-electron chi connectivity index (χ3n) is 2.51. The van der Waals surface area contributed by atoms with E-state index in [9.17, 15) is 9.59 Å². The Labute approximate surface area is 121 Å². The molecule has 0 spiro atoms. The molecule has 0 bridgehead atoms. The van der Waals surface area contributed by atoms with Crippen molar-refractivity contribution < 1.29 is 14.3 Å². The molecule has 0 aliphatic carbocycles. The van der Waals surface area contributed by atoms with Crippen LogP contribution in [0.15, 0.2) is 18.2 Å². The van der Waals surface area contributed by atoms with Gasteiger partial charge in [0.15, 0.2) is 0 Å². The minimum absolute atomic E-state index is 0. The summed E-state index contributed by atoms with van der Waals surface area (Å²) in [6.07, 6.45) is 0. The minimum Gasteiger partial charge on any atom is -0.465 e. The Bertz CT molecular complexity index is 626. The minimum atomic E-state index is -0.467. The van der Waals surface area contributed by atoms with E-state index in [1.807, 2.05) is 0 Å². The maximum Gasteiger partial charge on any atom is 0.340 e. The number of aromatic amines is 1. The Hall–Kier alpha value is -2.12. The smallest absolute Gasteiger partial charge is 0.340 e. The van der Waals surface area contributed by atoms with Gasteiger partial charge in [-0.15, -0.1) is 12.4 Å². The molecule has 0 fully saturated rings. The molecule has 2 rings (SSSR count). The van der Waals surface area contributed by atoms with Gasteiger partial charge < -0.3 is 15.0 Å². The molecule has 0 radical (unpaired) electrons. The highest BCUT2D eigenvalue weighted by molar-refractivity contribution is 6.03. The van der Waals surface area contributed by atoms with Crippen LogP contribution in [0.2, 0.25) is 0 Å². The van der Waals surface area contributed by atoms with E-state index < -0.39 is 5.97 Å². The molecular formula is C12H15ClN4O3. The number of methoxy groups -OCH3 is 1. The summed E-state index contributed by atoms with van der Waals surface area (Å²) in [6, 6.07) is 5.10. The SMILES string of the molecule is CNCC(=O)Nc1nc2c(C(=O)OC)cccc2[nH]1.Cl. The fourth-order valence-electron chi connectivity index (χ4n) is 1.70. The summed E-state index contributed by atoms with van der Waals surface area (Å²) >= 11 is 0. The first kappa shape index (κ1) is 15.9. The van der Waals surface area contributed by atoms with Crippen molar-refractivity contribution in [1.82, 2.24) is 15.3 Å². The van der Waals surface area contributed by atoms with E-state index in [2.05, 4.69) is 25.3 Å². The third kappa shape index (κ3) is 3.25. The molecule has 1 heterocycles. The summed E-state index contributed by atoms with van der Waals surface area (Å²) in [5.41, 5.74) is 1.47. The Balaban J connectivity index is 0.00000200. The number of fused-ring (bicyclic) bond motifs is 1. The number of ether oxygens (including phenoxy) is 1. The van der Waals surface area contributed by atoms with Crippen molar-refractivity contribution in [3.63, 3.8) is 0 Å². The second kappa shape index (κ2) is 6.88. The summed E-state index contributed by atoms with van der Waals surface area (Å²) in [4.78, 5) is 30.1. The number of hydrogen-bond acceptors (Lipinski definition) is 5. The van der Waals surface area contributed by atoms with Crippen LogP contribution in [0.3, 0.4) is 0 Å². The fourth-order valence-corrected chi connectivity index (χ4v) is 1.70. The number of nitrogens with one attached hydrogen (secondary N) is 3. The van der Waals surface area contributed by atoms with Crippen molar-refractivity contribution in [2.45, 2.75) is 0 Å². The molecule has 108 valence electrons. The Morgan fingerprint density at radius 3 is 2.80 bits per heavy atom. The molecular weight excluding hydrogens is 284 g/mol. The number of carbonyl (C=O) groups excluding carboxylic acids is 2. The topological polar surface area (TPSA) is 96.1 Å². The van der Waals surface area contributed by atoms with Gasteiger partial charge in [0.25, 0.3) is 0 Å². The van der Waals surface area contributed by atoms with Crippen molar-refractivity contribution in [3.05, 3.63) is 23.8 Å². The number of imidazole rings is 1. The second-order valence-electron chi connectivity index (χ2n) is 3.86. The van der Waals surface area contributed by atoms with Crippen LogP contribution >= 0.6 is 12.4 Å². The number of benzene rings is 1. The van der Waals surface area contributed by atoms with Gasteiger partial charge >= 0.3 is 5.97 Å². The number of carbonyl (C=O) groups is 2. The van der Waals surface area contributed by atoms with E-state index in [1.54, 1.807) is 25.2 Å². The first-order valence-electron chi connectivity index (χ1n) is 5.67. The number of likely N-dealkylation sites (N-methyl/N-ethyl adjacent to an activating group) is 1. The number of hydrogen-bond donors (Lipinski definition) is 3. The number of esters is 1. The zero-order chi connectivity index (χ0) is 13.8. The molecule has 0 aliphatic rings. The van der Waals surface area contributed by atoms with Crippen LogP contribution in [0.4, 0.5) is 5.95 Å². The van der Waals surface area contributed by atoms with Gasteiger partial charge in [-0.05, 0) is 19.2 Å². The van der Waals surface area contributed by atoms with Crippen LogP contribution in [0.25, 0.3) is 11.0 Å². The van der Waals surface area contributed by atoms with Crippen LogP contribution in [0.1, 0.15) is 10.4 Å².